The van der Waals surface area contributed by atoms with E-state index < -0.39 is 5.97 Å². The highest BCUT2D eigenvalue weighted by molar-refractivity contribution is 5.90. The molecular weight excluding hydrogens is 234 g/mol. The second-order valence-electron chi connectivity index (χ2n) is 3.70. The molecule has 2 rings (SSSR count). The maximum absolute atomic E-state index is 10.7. The van der Waals surface area contributed by atoms with E-state index in [-0.39, 0.29) is 5.56 Å². The number of benzene rings is 1. The average molecular weight is 247 g/mol. The van der Waals surface area contributed by atoms with E-state index in [0.717, 1.165) is 0 Å². The predicted octanol–water partition coefficient (Wildman–Crippen LogP) is 0.671. The molecule has 1 aromatic heterocycles. The van der Waals surface area contributed by atoms with Crippen molar-refractivity contribution in [3.8, 4) is 0 Å². The number of nitrogens with two attached hydrogens (primary N) is 1. The molecule has 7 heteroatoms. The molecule has 0 atom stereocenters. The number of carboxylic acid groups (broad SMARTS) is 1. The number of carbonyl (C=O) groups is 1. The lowest BCUT2D eigenvalue weighted by molar-refractivity contribution is 0.0697. The molecule has 7 nitrogen and oxygen atoms in total. The number of nitrogens with zero attached hydrogens (tertiary/aromatic N) is 3. The number of nitrogens with one attached hydrogen (secondary N) is 1. The summed E-state index contributed by atoms with van der Waals surface area (Å²) in [7, 11) is 0. The summed E-state index contributed by atoms with van der Waals surface area (Å²) in [6.07, 6.45) is 3.37. The van der Waals surface area contributed by atoms with Gasteiger partial charge in [0.15, 0.2) is 0 Å². The first kappa shape index (κ1) is 11.9. The molecule has 0 radical (unpaired) electrons. The number of hydrogen-bond acceptors (Lipinski definition) is 5. The Morgan fingerprint density at radius 1 is 1.50 bits per heavy atom. The Hall–Kier alpha value is -2.57. The van der Waals surface area contributed by atoms with Crippen LogP contribution in [0.25, 0.3) is 0 Å². The predicted molar refractivity (Wildman–Crippen MR) is 66.3 cm³/mol. The summed E-state index contributed by atoms with van der Waals surface area (Å²) in [5.74, 6) is -0.990. The minimum Gasteiger partial charge on any atom is -0.478 e. The van der Waals surface area contributed by atoms with Gasteiger partial charge in [-0.15, -0.1) is 5.10 Å². The molecule has 0 unspecified atom stereocenters. The average Bonchev–Trinajstić information content (AvgIpc) is 2.84. The molecule has 94 valence electrons. The largest absolute Gasteiger partial charge is 0.478 e. The molecule has 0 saturated carbocycles. The molecule has 0 fully saturated rings. The van der Waals surface area contributed by atoms with Gasteiger partial charge in [-0.1, -0.05) is 5.21 Å². The number of nitrogen functional groups attached to an aromatic ring is 1. The molecule has 0 amide bonds. The van der Waals surface area contributed by atoms with Gasteiger partial charge in [-0.2, -0.15) is 0 Å². The van der Waals surface area contributed by atoms with E-state index in [0.29, 0.717) is 24.5 Å². The van der Waals surface area contributed by atoms with Crippen LogP contribution >= 0.6 is 0 Å². The Labute approximate surface area is 103 Å². The molecule has 18 heavy (non-hydrogen) atoms. The molecule has 0 aliphatic heterocycles. The van der Waals surface area contributed by atoms with Crippen molar-refractivity contribution in [3.05, 3.63) is 36.2 Å². The summed E-state index contributed by atoms with van der Waals surface area (Å²) in [5, 5.41) is 19.4. The van der Waals surface area contributed by atoms with Crippen molar-refractivity contribution in [1.29, 1.82) is 0 Å². The van der Waals surface area contributed by atoms with E-state index in [1.165, 1.54) is 12.1 Å². The van der Waals surface area contributed by atoms with Crippen molar-refractivity contribution in [1.82, 2.24) is 15.0 Å². The second kappa shape index (κ2) is 5.17. The standard InChI is InChI=1S/C11H13N5O2/c12-9-7-8(11(17)18)1-2-10(9)13-3-5-16-6-4-14-15-16/h1-2,4,6-7,13H,3,5,12H2,(H,17,18). The van der Waals surface area contributed by atoms with Crippen LogP contribution < -0.4 is 11.1 Å². The second-order valence-corrected chi connectivity index (χ2v) is 3.70. The summed E-state index contributed by atoms with van der Waals surface area (Å²) >= 11 is 0. The van der Waals surface area contributed by atoms with E-state index >= 15 is 0 Å². The lowest BCUT2D eigenvalue weighted by Gasteiger charge is -2.09. The lowest BCUT2D eigenvalue weighted by atomic mass is 10.2. The van der Waals surface area contributed by atoms with Gasteiger partial charge in [-0.05, 0) is 18.2 Å². The summed E-state index contributed by atoms with van der Waals surface area (Å²) in [6.45, 7) is 1.28. The molecule has 1 aromatic carbocycles. The molecule has 0 aliphatic carbocycles. The van der Waals surface area contributed by atoms with Crippen molar-refractivity contribution in [2.45, 2.75) is 6.54 Å². The number of rotatable bonds is 5. The number of aromatic carboxylic acids is 1. The van der Waals surface area contributed by atoms with Gasteiger partial charge in [0.05, 0.1) is 29.7 Å². The Kier molecular flexibility index (Phi) is 3.42. The third kappa shape index (κ3) is 2.76. The maximum Gasteiger partial charge on any atom is 0.335 e. The third-order valence-corrected chi connectivity index (χ3v) is 2.43. The van der Waals surface area contributed by atoms with Crippen LogP contribution in [0.4, 0.5) is 11.4 Å². The number of aromatic nitrogens is 3. The normalized spacial score (nSPS) is 10.2. The number of hydrogen-bond donors (Lipinski definition) is 3. The fourth-order valence-corrected chi connectivity index (χ4v) is 1.51. The van der Waals surface area contributed by atoms with Gasteiger partial charge in [0, 0.05) is 12.7 Å². The highest BCUT2D eigenvalue weighted by Gasteiger charge is 2.05. The summed E-state index contributed by atoms with van der Waals surface area (Å²) < 4.78 is 1.69. The zero-order valence-electron chi connectivity index (χ0n) is 9.58. The topological polar surface area (TPSA) is 106 Å². The van der Waals surface area contributed by atoms with Gasteiger partial charge in [0.25, 0.3) is 0 Å². The van der Waals surface area contributed by atoms with Gasteiger partial charge < -0.3 is 16.2 Å². The van der Waals surface area contributed by atoms with Gasteiger partial charge in [-0.25, -0.2) is 4.79 Å². The van der Waals surface area contributed by atoms with E-state index in [4.69, 9.17) is 10.8 Å². The van der Waals surface area contributed by atoms with Crippen molar-refractivity contribution >= 4 is 17.3 Å². The van der Waals surface area contributed by atoms with Crippen molar-refractivity contribution < 1.29 is 9.90 Å². The van der Waals surface area contributed by atoms with Gasteiger partial charge in [0.1, 0.15) is 0 Å². The minimum absolute atomic E-state index is 0.175. The van der Waals surface area contributed by atoms with Crippen LogP contribution in [0.2, 0.25) is 0 Å². The van der Waals surface area contributed by atoms with E-state index in [1.54, 1.807) is 23.1 Å². The highest BCUT2D eigenvalue weighted by atomic mass is 16.4. The zero-order valence-corrected chi connectivity index (χ0v) is 9.58. The Bertz CT molecular complexity index is 538. The minimum atomic E-state index is -0.990. The van der Waals surface area contributed by atoms with Crippen LogP contribution in [0.15, 0.2) is 30.6 Å². The Morgan fingerprint density at radius 3 is 2.94 bits per heavy atom. The molecule has 1 heterocycles. The fraction of sp³-hybridized carbons (Fsp3) is 0.182. The molecule has 0 bridgehead atoms. The SMILES string of the molecule is Nc1cc(C(=O)O)ccc1NCCn1ccnn1. The highest BCUT2D eigenvalue weighted by Crippen LogP contribution is 2.19. The van der Waals surface area contributed by atoms with Crippen LogP contribution in [0, 0.1) is 0 Å². The molecule has 0 saturated heterocycles. The first-order valence-electron chi connectivity index (χ1n) is 5.37. The zero-order chi connectivity index (χ0) is 13.0. The third-order valence-electron chi connectivity index (χ3n) is 2.43. The molecule has 4 N–H and O–H groups in total. The van der Waals surface area contributed by atoms with Gasteiger partial charge in [0.2, 0.25) is 0 Å². The summed E-state index contributed by atoms with van der Waals surface area (Å²) in [4.78, 5) is 10.7. The van der Waals surface area contributed by atoms with Crippen molar-refractivity contribution in [2.24, 2.45) is 0 Å². The first-order chi connectivity index (χ1) is 8.66. The fourth-order valence-electron chi connectivity index (χ4n) is 1.51. The monoisotopic (exact) mass is 247 g/mol. The van der Waals surface area contributed by atoms with Crippen LogP contribution in [-0.2, 0) is 6.54 Å². The smallest absolute Gasteiger partial charge is 0.335 e. The molecule has 2 aromatic rings. The number of carboxylic acids is 1. The Balaban J connectivity index is 1.95. The molecule has 0 aliphatic rings. The van der Waals surface area contributed by atoms with Crippen LogP contribution in [0.5, 0.6) is 0 Å². The number of anilines is 2. The van der Waals surface area contributed by atoms with Crippen LogP contribution in [0.1, 0.15) is 10.4 Å². The summed E-state index contributed by atoms with van der Waals surface area (Å²) in [6, 6.07) is 4.59. The lowest BCUT2D eigenvalue weighted by Crippen LogP contribution is -2.12. The molecular formula is C11H13N5O2. The quantitative estimate of drug-likeness (QED) is 0.670. The van der Waals surface area contributed by atoms with E-state index in [9.17, 15) is 4.79 Å². The molecule has 0 spiro atoms. The van der Waals surface area contributed by atoms with E-state index in [2.05, 4.69) is 15.6 Å². The van der Waals surface area contributed by atoms with Crippen molar-refractivity contribution in [2.75, 3.05) is 17.6 Å². The van der Waals surface area contributed by atoms with Crippen LogP contribution in [0.3, 0.4) is 0 Å². The van der Waals surface area contributed by atoms with Crippen LogP contribution in [-0.4, -0.2) is 32.6 Å². The van der Waals surface area contributed by atoms with Gasteiger partial charge in [-0.3, -0.25) is 4.68 Å². The first-order valence-corrected chi connectivity index (χ1v) is 5.37. The van der Waals surface area contributed by atoms with E-state index in [1.807, 2.05) is 0 Å². The Morgan fingerprint density at radius 2 is 2.33 bits per heavy atom. The van der Waals surface area contributed by atoms with Gasteiger partial charge >= 0.3 is 5.97 Å². The van der Waals surface area contributed by atoms with Crippen molar-refractivity contribution in [3.63, 3.8) is 0 Å². The summed E-state index contributed by atoms with van der Waals surface area (Å²) in [5.41, 5.74) is 7.05. The maximum atomic E-state index is 10.7.